The van der Waals surface area contributed by atoms with Crippen molar-refractivity contribution in [2.75, 3.05) is 25.0 Å². The van der Waals surface area contributed by atoms with E-state index in [1.165, 1.54) is 74.8 Å². The molecule has 1 saturated carbocycles. The van der Waals surface area contributed by atoms with E-state index in [1.807, 2.05) is 0 Å². The summed E-state index contributed by atoms with van der Waals surface area (Å²) in [6.45, 7) is 4.97. The lowest BCUT2D eigenvalue weighted by molar-refractivity contribution is 0.0820. The highest BCUT2D eigenvalue weighted by Crippen LogP contribution is 2.36. The molecule has 2 unspecified atom stereocenters. The summed E-state index contributed by atoms with van der Waals surface area (Å²) < 4.78 is 0. The molecule has 21 heavy (non-hydrogen) atoms. The van der Waals surface area contributed by atoms with Crippen molar-refractivity contribution in [3.05, 3.63) is 29.3 Å². The maximum Gasteiger partial charge on any atom is 0.0372 e. The van der Waals surface area contributed by atoms with Crippen LogP contribution in [0, 0.1) is 11.8 Å². The van der Waals surface area contributed by atoms with Crippen molar-refractivity contribution in [1.82, 2.24) is 4.90 Å². The highest BCUT2D eigenvalue weighted by molar-refractivity contribution is 5.54. The molecular formula is C19H28N2. The molecule has 2 heterocycles. The average Bonchev–Trinajstić information content (AvgIpc) is 2.55. The molecule has 0 radical (unpaired) electrons. The van der Waals surface area contributed by atoms with E-state index in [0.717, 1.165) is 24.9 Å². The van der Waals surface area contributed by atoms with E-state index in [0.29, 0.717) is 0 Å². The van der Waals surface area contributed by atoms with Gasteiger partial charge in [-0.3, -0.25) is 4.90 Å². The number of aryl methyl sites for hydroxylation is 1. The summed E-state index contributed by atoms with van der Waals surface area (Å²) >= 11 is 0. The van der Waals surface area contributed by atoms with Crippen LogP contribution >= 0.6 is 0 Å². The fourth-order valence-electron chi connectivity index (χ4n) is 4.70. The van der Waals surface area contributed by atoms with Gasteiger partial charge in [0.1, 0.15) is 0 Å². The van der Waals surface area contributed by atoms with Gasteiger partial charge in [0.05, 0.1) is 0 Å². The lowest BCUT2D eigenvalue weighted by atomic mass is 9.75. The van der Waals surface area contributed by atoms with Crippen molar-refractivity contribution in [3.8, 4) is 0 Å². The first-order chi connectivity index (χ1) is 10.4. The fraction of sp³-hybridized carbons (Fsp3) is 0.684. The molecule has 2 aliphatic heterocycles. The van der Waals surface area contributed by atoms with Crippen molar-refractivity contribution in [2.45, 2.75) is 51.5 Å². The number of piperidine rings is 1. The Labute approximate surface area is 128 Å². The topological polar surface area (TPSA) is 15.3 Å². The Balaban J connectivity index is 1.41. The number of likely N-dealkylation sites (tertiary alicyclic amines) is 1. The van der Waals surface area contributed by atoms with E-state index < -0.39 is 0 Å². The Hall–Kier alpha value is -1.02. The van der Waals surface area contributed by atoms with Crippen LogP contribution in [0.15, 0.2) is 18.2 Å². The van der Waals surface area contributed by atoms with Crippen molar-refractivity contribution in [2.24, 2.45) is 11.8 Å². The Kier molecular flexibility index (Phi) is 3.89. The zero-order valence-electron chi connectivity index (χ0n) is 13.1. The summed E-state index contributed by atoms with van der Waals surface area (Å²) in [4.78, 5) is 2.71. The van der Waals surface area contributed by atoms with Gasteiger partial charge >= 0.3 is 0 Å². The standard InChI is InChI=1S/C19H28N2/c1-2-5-18-14-21(11-9-16(18)4-1)13-15-7-8-19-17(12-15)6-3-10-20-19/h7-8,12,16,18,20H,1-6,9-11,13-14H2. The summed E-state index contributed by atoms with van der Waals surface area (Å²) in [5.74, 6) is 2.04. The second-order valence-corrected chi connectivity index (χ2v) is 7.35. The number of nitrogens with one attached hydrogen (secondary N) is 1. The van der Waals surface area contributed by atoms with Crippen molar-refractivity contribution in [3.63, 3.8) is 0 Å². The molecule has 2 atom stereocenters. The Morgan fingerprint density at radius 2 is 1.95 bits per heavy atom. The molecule has 0 aromatic heterocycles. The van der Waals surface area contributed by atoms with E-state index >= 15 is 0 Å². The van der Waals surface area contributed by atoms with Crippen molar-refractivity contribution < 1.29 is 0 Å². The molecule has 4 rings (SSSR count). The molecule has 2 nitrogen and oxygen atoms in total. The molecule has 2 heteroatoms. The second kappa shape index (κ2) is 6.00. The summed E-state index contributed by atoms with van der Waals surface area (Å²) in [5.41, 5.74) is 4.43. The van der Waals surface area contributed by atoms with E-state index in [1.54, 1.807) is 0 Å². The molecule has 3 aliphatic rings. The summed E-state index contributed by atoms with van der Waals surface area (Å²) in [6.07, 6.45) is 9.92. The van der Waals surface area contributed by atoms with Gasteiger partial charge in [0, 0.05) is 25.3 Å². The molecule has 1 aliphatic carbocycles. The van der Waals surface area contributed by atoms with Crippen LogP contribution in [0.4, 0.5) is 5.69 Å². The number of benzene rings is 1. The molecule has 1 saturated heterocycles. The highest BCUT2D eigenvalue weighted by atomic mass is 15.1. The van der Waals surface area contributed by atoms with Gasteiger partial charge in [-0.2, -0.15) is 0 Å². The van der Waals surface area contributed by atoms with Crippen LogP contribution in [0.1, 0.15) is 49.7 Å². The van der Waals surface area contributed by atoms with Crippen LogP contribution in [0.25, 0.3) is 0 Å². The second-order valence-electron chi connectivity index (χ2n) is 7.35. The van der Waals surface area contributed by atoms with Gasteiger partial charge in [-0.25, -0.2) is 0 Å². The van der Waals surface area contributed by atoms with E-state index in [4.69, 9.17) is 0 Å². The molecule has 114 valence electrons. The molecule has 1 N–H and O–H groups in total. The highest BCUT2D eigenvalue weighted by Gasteiger charge is 2.30. The summed E-state index contributed by atoms with van der Waals surface area (Å²) in [5, 5.41) is 3.52. The van der Waals surface area contributed by atoms with E-state index in [9.17, 15) is 0 Å². The van der Waals surface area contributed by atoms with Gasteiger partial charge in [-0.1, -0.05) is 31.4 Å². The largest absolute Gasteiger partial charge is 0.385 e. The van der Waals surface area contributed by atoms with Gasteiger partial charge in [0.25, 0.3) is 0 Å². The Morgan fingerprint density at radius 3 is 2.90 bits per heavy atom. The zero-order chi connectivity index (χ0) is 14.1. The quantitative estimate of drug-likeness (QED) is 0.881. The van der Waals surface area contributed by atoms with Gasteiger partial charge in [0.15, 0.2) is 0 Å². The Morgan fingerprint density at radius 1 is 1.05 bits per heavy atom. The minimum absolute atomic E-state index is 0.992. The number of hydrogen-bond donors (Lipinski definition) is 1. The van der Waals surface area contributed by atoms with Gasteiger partial charge < -0.3 is 5.32 Å². The number of anilines is 1. The van der Waals surface area contributed by atoms with Crippen LogP contribution in [0.3, 0.4) is 0 Å². The monoisotopic (exact) mass is 284 g/mol. The first-order valence-corrected chi connectivity index (χ1v) is 8.96. The third-order valence-electron chi connectivity index (χ3n) is 5.89. The molecule has 0 amide bonds. The SMILES string of the molecule is c1cc2c(cc1CN1CCC3CCCCC3C1)CCCN2. The minimum Gasteiger partial charge on any atom is -0.385 e. The zero-order valence-corrected chi connectivity index (χ0v) is 13.1. The Bertz CT molecular complexity index is 496. The molecule has 1 aromatic rings. The number of fused-ring (bicyclic) bond motifs is 2. The van der Waals surface area contributed by atoms with Crippen LogP contribution in [-0.4, -0.2) is 24.5 Å². The molecule has 1 aromatic carbocycles. The van der Waals surface area contributed by atoms with Crippen LogP contribution < -0.4 is 5.32 Å². The van der Waals surface area contributed by atoms with E-state index in [2.05, 4.69) is 28.4 Å². The molecule has 2 fully saturated rings. The number of hydrogen-bond acceptors (Lipinski definition) is 2. The fourth-order valence-corrected chi connectivity index (χ4v) is 4.70. The molecule has 0 spiro atoms. The predicted molar refractivity (Wildman–Crippen MR) is 88.6 cm³/mol. The average molecular weight is 284 g/mol. The van der Waals surface area contributed by atoms with Crippen LogP contribution in [0.2, 0.25) is 0 Å². The smallest absolute Gasteiger partial charge is 0.0372 e. The van der Waals surface area contributed by atoms with Crippen LogP contribution in [-0.2, 0) is 13.0 Å². The molecule has 0 bridgehead atoms. The van der Waals surface area contributed by atoms with E-state index in [-0.39, 0.29) is 0 Å². The normalized spacial score (nSPS) is 29.3. The lowest BCUT2D eigenvalue weighted by Crippen LogP contribution is -2.41. The maximum atomic E-state index is 3.52. The third-order valence-corrected chi connectivity index (χ3v) is 5.89. The van der Waals surface area contributed by atoms with Gasteiger partial charge in [-0.05, 0) is 61.3 Å². The lowest BCUT2D eigenvalue weighted by Gasteiger charge is -2.41. The van der Waals surface area contributed by atoms with Gasteiger partial charge in [0.2, 0.25) is 0 Å². The minimum atomic E-state index is 0.992. The maximum absolute atomic E-state index is 3.52. The first kappa shape index (κ1) is 13.6. The number of rotatable bonds is 2. The molecular weight excluding hydrogens is 256 g/mol. The third kappa shape index (κ3) is 2.96. The summed E-state index contributed by atoms with van der Waals surface area (Å²) in [6, 6.07) is 7.09. The van der Waals surface area contributed by atoms with Crippen LogP contribution in [0.5, 0.6) is 0 Å². The van der Waals surface area contributed by atoms with Gasteiger partial charge in [-0.15, -0.1) is 0 Å². The number of nitrogens with zero attached hydrogens (tertiary/aromatic N) is 1. The first-order valence-electron chi connectivity index (χ1n) is 8.96. The van der Waals surface area contributed by atoms with Crippen molar-refractivity contribution >= 4 is 5.69 Å². The summed E-state index contributed by atoms with van der Waals surface area (Å²) in [7, 11) is 0. The predicted octanol–water partition coefficient (Wildman–Crippen LogP) is 4.06. The van der Waals surface area contributed by atoms with Crippen molar-refractivity contribution in [1.29, 1.82) is 0 Å².